The Morgan fingerprint density at radius 3 is 2.59 bits per heavy atom. The van der Waals surface area contributed by atoms with Gasteiger partial charge in [-0.05, 0) is 12.1 Å². The van der Waals surface area contributed by atoms with Crippen LogP contribution in [0.25, 0.3) is 0 Å². The third-order valence-corrected chi connectivity index (χ3v) is 4.62. The first-order valence-electron chi connectivity index (χ1n) is 9.06. The summed E-state index contributed by atoms with van der Waals surface area (Å²) in [6.45, 7) is 3.45. The Hall–Kier alpha value is -2.98. The molecule has 1 saturated heterocycles. The number of ether oxygens (including phenoxy) is 1. The van der Waals surface area contributed by atoms with Crippen LogP contribution in [-0.2, 0) is 4.74 Å². The van der Waals surface area contributed by atoms with Crippen LogP contribution in [0.3, 0.4) is 0 Å². The lowest BCUT2D eigenvalue weighted by atomic mass is 10.1. The van der Waals surface area contributed by atoms with E-state index in [0.29, 0.717) is 38.9 Å². The normalized spacial score (nSPS) is 14.7. The van der Waals surface area contributed by atoms with E-state index in [1.807, 2.05) is 0 Å². The van der Waals surface area contributed by atoms with Gasteiger partial charge in [-0.25, -0.2) is 18.7 Å². The van der Waals surface area contributed by atoms with E-state index in [9.17, 15) is 18.4 Å². The van der Waals surface area contributed by atoms with Crippen LogP contribution >= 0.6 is 0 Å². The van der Waals surface area contributed by atoms with Gasteiger partial charge in [0.25, 0.3) is 11.8 Å². The Kier molecular flexibility index (Phi) is 6.78. The number of carbonyl (C=O) groups excluding carboxylic acids is 2. The molecule has 0 aliphatic carbocycles. The van der Waals surface area contributed by atoms with E-state index in [1.165, 1.54) is 23.5 Å². The molecule has 2 amide bonds. The average Bonchev–Trinajstić information content (AvgIpc) is 2.74. The summed E-state index contributed by atoms with van der Waals surface area (Å²) in [7, 11) is 1.62. The van der Waals surface area contributed by atoms with Gasteiger partial charge in [0.05, 0.1) is 17.9 Å². The average molecular weight is 405 g/mol. The molecule has 10 heteroatoms. The number of halogens is 2. The summed E-state index contributed by atoms with van der Waals surface area (Å²) in [4.78, 5) is 36.1. The molecule has 1 aromatic carbocycles. The Bertz CT molecular complexity index is 874. The van der Waals surface area contributed by atoms with E-state index in [-0.39, 0.29) is 16.9 Å². The molecule has 0 unspecified atom stereocenters. The Balaban J connectivity index is 1.72. The molecule has 1 aliphatic heterocycles. The van der Waals surface area contributed by atoms with E-state index >= 15 is 0 Å². The number of aromatic nitrogens is 2. The van der Waals surface area contributed by atoms with Gasteiger partial charge >= 0.3 is 0 Å². The van der Waals surface area contributed by atoms with Crippen molar-refractivity contribution in [1.82, 2.24) is 19.8 Å². The summed E-state index contributed by atoms with van der Waals surface area (Å²) < 4.78 is 33.5. The lowest BCUT2D eigenvalue weighted by Crippen LogP contribution is -2.49. The molecule has 0 radical (unpaired) electrons. The number of carbonyl (C=O) groups is 2. The molecule has 2 aromatic rings. The molecular formula is C19H21F2N5O3. The molecular weight excluding hydrogens is 384 g/mol. The van der Waals surface area contributed by atoms with Crippen molar-refractivity contribution in [2.24, 2.45) is 0 Å². The van der Waals surface area contributed by atoms with Crippen LogP contribution in [0.2, 0.25) is 0 Å². The van der Waals surface area contributed by atoms with Crippen molar-refractivity contribution in [3.8, 4) is 0 Å². The number of methoxy groups -OCH3 is 1. The van der Waals surface area contributed by atoms with E-state index in [4.69, 9.17) is 4.74 Å². The van der Waals surface area contributed by atoms with Gasteiger partial charge in [-0.1, -0.05) is 0 Å². The van der Waals surface area contributed by atoms with E-state index < -0.39 is 23.4 Å². The molecule has 0 bridgehead atoms. The van der Waals surface area contributed by atoms with Crippen molar-refractivity contribution in [1.29, 1.82) is 0 Å². The van der Waals surface area contributed by atoms with Crippen LogP contribution in [0.1, 0.15) is 20.8 Å². The van der Waals surface area contributed by atoms with Crippen LogP contribution < -0.4 is 5.32 Å². The van der Waals surface area contributed by atoms with Gasteiger partial charge in [0.1, 0.15) is 23.7 Å². The van der Waals surface area contributed by atoms with Gasteiger partial charge in [0, 0.05) is 52.1 Å². The molecule has 3 rings (SSSR count). The van der Waals surface area contributed by atoms with Crippen molar-refractivity contribution in [2.75, 3.05) is 51.8 Å². The van der Waals surface area contributed by atoms with Crippen molar-refractivity contribution in [3.05, 3.63) is 53.6 Å². The molecule has 1 aliphatic rings. The third-order valence-electron chi connectivity index (χ3n) is 4.62. The first-order chi connectivity index (χ1) is 14.0. The number of piperazine rings is 1. The van der Waals surface area contributed by atoms with Gasteiger partial charge in [-0.2, -0.15) is 0 Å². The van der Waals surface area contributed by atoms with E-state index in [1.54, 1.807) is 7.11 Å². The monoisotopic (exact) mass is 405 g/mol. The van der Waals surface area contributed by atoms with Gasteiger partial charge in [0.2, 0.25) is 0 Å². The summed E-state index contributed by atoms with van der Waals surface area (Å²) >= 11 is 0. The third kappa shape index (κ3) is 5.09. The summed E-state index contributed by atoms with van der Waals surface area (Å²) in [5, 5.41) is 2.32. The van der Waals surface area contributed by atoms with Crippen LogP contribution in [0.4, 0.5) is 14.5 Å². The number of benzene rings is 1. The minimum absolute atomic E-state index is 0.0174. The van der Waals surface area contributed by atoms with Crippen molar-refractivity contribution < 1.29 is 23.1 Å². The Morgan fingerprint density at radius 1 is 1.17 bits per heavy atom. The second-order valence-corrected chi connectivity index (χ2v) is 6.49. The van der Waals surface area contributed by atoms with Gasteiger partial charge in [-0.15, -0.1) is 0 Å². The predicted molar refractivity (Wildman–Crippen MR) is 101 cm³/mol. The molecule has 8 nitrogen and oxygen atoms in total. The number of rotatable bonds is 6. The molecule has 1 fully saturated rings. The molecule has 0 saturated carbocycles. The molecule has 1 N–H and O–H groups in total. The highest BCUT2D eigenvalue weighted by Gasteiger charge is 2.25. The highest BCUT2D eigenvalue weighted by molar-refractivity contribution is 6.04. The number of hydrogen-bond donors (Lipinski definition) is 1. The van der Waals surface area contributed by atoms with Gasteiger partial charge in [-0.3, -0.25) is 14.5 Å². The Morgan fingerprint density at radius 2 is 1.93 bits per heavy atom. The molecule has 1 aromatic heterocycles. The zero-order valence-electron chi connectivity index (χ0n) is 15.9. The van der Waals surface area contributed by atoms with E-state index in [0.717, 1.165) is 12.6 Å². The molecule has 154 valence electrons. The van der Waals surface area contributed by atoms with Crippen molar-refractivity contribution >= 4 is 17.5 Å². The van der Waals surface area contributed by atoms with Crippen molar-refractivity contribution in [2.45, 2.75) is 0 Å². The fourth-order valence-corrected chi connectivity index (χ4v) is 2.99. The number of nitrogens with zero attached hydrogens (tertiary/aromatic N) is 4. The molecule has 0 atom stereocenters. The highest BCUT2D eigenvalue weighted by atomic mass is 19.1. The zero-order valence-corrected chi connectivity index (χ0v) is 15.9. The number of anilines is 1. The summed E-state index contributed by atoms with van der Waals surface area (Å²) in [5.74, 6) is -3.20. The molecule has 29 heavy (non-hydrogen) atoms. The first kappa shape index (κ1) is 20.7. The van der Waals surface area contributed by atoms with Gasteiger partial charge < -0.3 is 15.0 Å². The second-order valence-electron chi connectivity index (χ2n) is 6.49. The zero-order chi connectivity index (χ0) is 20.8. The topological polar surface area (TPSA) is 87.7 Å². The number of amides is 2. The quantitative estimate of drug-likeness (QED) is 0.782. The smallest absolute Gasteiger partial charge is 0.274 e. The fraction of sp³-hybridized carbons (Fsp3) is 0.368. The maximum Gasteiger partial charge on any atom is 0.274 e. The molecule has 0 spiro atoms. The van der Waals surface area contributed by atoms with Crippen molar-refractivity contribution in [3.63, 3.8) is 0 Å². The largest absolute Gasteiger partial charge is 0.383 e. The van der Waals surface area contributed by atoms with Gasteiger partial charge in [0.15, 0.2) is 0 Å². The lowest BCUT2D eigenvalue weighted by molar-refractivity contribution is 0.0590. The SMILES string of the molecule is COCCN1CCN(C(=O)c2cc(NC(=O)c3ccncn3)c(F)cc2F)CC1. The summed E-state index contributed by atoms with van der Waals surface area (Å²) in [5.41, 5.74) is -0.574. The van der Waals surface area contributed by atoms with Crippen LogP contribution in [0, 0.1) is 11.6 Å². The fourth-order valence-electron chi connectivity index (χ4n) is 2.99. The number of nitrogens with one attached hydrogen (secondary N) is 1. The second kappa shape index (κ2) is 9.48. The Labute approximate surface area is 166 Å². The maximum atomic E-state index is 14.3. The summed E-state index contributed by atoms with van der Waals surface area (Å²) in [6, 6.07) is 2.97. The maximum absolute atomic E-state index is 14.3. The van der Waals surface area contributed by atoms with E-state index in [2.05, 4.69) is 20.2 Å². The molecule has 2 heterocycles. The van der Waals surface area contributed by atoms with Crippen LogP contribution in [0.5, 0.6) is 0 Å². The van der Waals surface area contributed by atoms with Crippen LogP contribution in [-0.4, -0.2) is 78.0 Å². The minimum Gasteiger partial charge on any atom is -0.383 e. The lowest BCUT2D eigenvalue weighted by Gasteiger charge is -2.34. The number of hydrogen-bond acceptors (Lipinski definition) is 6. The minimum atomic E-state index is -0.981. The first-order valence-corrected chi connectivity index (χ1v) is 9.06. The highest BCUT2D eigenvalue weighted by Crippen LogP contribution is 2.22. The van der Waals surface area contributed by atoms with Crippen LogP contribution in [0.15, 0.2) is 30.7 Å². The summed E-state index contributed by atoms with van der Waals surface area (Å²) in [6.07, 6.45) is 2.54. The standard InChI is InChI=1S/C19H21F2N5O3/c1-29-9-8-25-4-6-26(7-5-25)19(28)13-10-17(15(21)11-14(13)20)24-18(27)16-2-3-22-12-23-16/h2-3,10-12H,4-9H2,1H3,(H,24,27). The predicted octanol–water partition coefficient (Wildman–Crippen LogP) is 1.41.